The summed E-state index contributed by atoms with van der Waals surface area (Å²) < 4.78 is 26.4. The normalized spacial score (nSPS) is 10.6. The number of Topliss-reactive ketones (excluding diaryl/α,β-unsaturated/α-hetero) is 1. The quantitative estimate of drug-likeness (QED) is 0.261. The molecule has 0 radical (unpaired) electrons. The molecule has 32 heavy (non-hydrogen) atoms. The van der Waals surface area contributed by atoms with Crippen LogP contribution in [0.5, 0.6) is 5.75 Å². The first-order valence-corrected chi connectivity index (χ1v) is 10.6. The first-order valence-electron chi connectivity index (χ1n) is 10.6. The Morgan fingerprint density at radius 3 is 1.88 bits per heavy atom. The Bertz CT molecular complexity index is 640. The fraction of sp³-hybridized carbons (Fsp3) is 0.591. The predicted octanol–water partition coefficient (Wildman–Crippen LogP) is 1.07. The number of rotatable bonds is 21. The number of carbonyl (C=O) groups is 3. The Kier molecular flexibility index (Phi) is 16.5. The van der Waals surface area contributed by atoms with Crippen LogP contribution in [-0.4, -0.2) is 88.8 Å². The molecule has 0 aliphatic carbocycles. The molecule has 1 amide bonds. The topological polar surface area (TPSA) is 130 Å². The van der Waals surface area contributed by atoms with Crippen molar-refractivity contribution >= 4 is 17.7 Å². The summed E-state index contributed by atoms with van der Waals surface area (Å²) in [5.74, 6) is -0.603. The van der Waals surface area contributed by atoms with Crippen LogP contribution < -0.4 is 10.1 Å². The Labute approximate surface area is 188 Å². The molecule has 0 saturated carbocycles. The summed E-state index contributed by atoms with van der Waals surface area (Å²) in [6, 6.07) is 9.04. The molecular formula is C22H33NO9. The number of ketones is 1. The molecule has 10 heteroatoms. The van der Waals surface area contributed by atoms with Gasteiger partial charge in [0.25, 0.3) is 0 Å². The summed E-state index contributed by atoms with van der Waals surface area (Å²) in [6.45, 7) is 3.18. The lowest BCUT2D eigenvalue weighted by Crippen LogP contribution is -2.28. The molecule has 180 valence electrons. The Balaban J connectivity index is 1.81. The van der Waals surface area contributed by atoms with E-state index < -0.39 is 5.97 Å². The summed E-state index contributed by atoms with van der Waals surface area (Å²) in [5, 5.41) is 11.1. The SMILES string of the molecule is O=C(O)CCOCCOCCOCCOCCNC(=O)CCC(=O)COc1ccccc1. The van der Waals surface area contributed by atoms with Gasteiger partial charge in [0, 0.05) is 19.4 Å². The number of carboxylic acid groups (broad SMARTS) is 1. The molecule has 0 spiro atoms. The van der Waals surface area contributed by atoms with Crippen molar-refractivity contribution in [3.63, 3.8) is 0 Å². The molecule has 10 nitrogen and oxygen atoms in total. The number of carbonyl (C=O) groups excluding carboxylic acids is 2. The van der Waals surface area contributed by atoms with Gasteiger partial charge in [0.15, 0.2) is 5.78 Å². The second-order valence-corrected chi connectivity index (χ2v) is 6.58. The highest BCUT2D eigenvalue weighted by atomic mass is 16.6. The molecule has 0 heterocycles. The third-order valence-electron chi connectivity index (χ3n) is 3.92. The van der Waals surface area contributed by atoms with Gasteiger partial charge in [-0.15, -0.1) is 0 Å². The third-order valence-corrected chi connectivity index (χ3v) is 3.92. The van der Waals surface area contributed by atoms with Gasteiger partial charge in [0.1, 0.15) is 12.4 Å². The zero-order valence-electron chi connectivity index (χ0n) is 18.3. The molecule has 1 rings (SSSR count). The number of para-hydroxylation sites is 1. The standard InChI is InChI=1S/C22H33NO9/c24-19(18-32-20-4-2-1-3-5-20)6-7-21(25)23-9-11-29-13-15-31-17-16-30-14-12-28-10-8-22(26)27/h1-5H,6-18H2,(H,23,25)(H,26,27). The van der Waals surface area contributed by atoms with Gasteiger partial charge < -0.3 is 34.1 Å². The highest BCUT2D eigenvalue weighted by Gasteiger charge is 2.07. The lowest BCUT2D eigenvalue weighted by Gasteiger charge is -2.08. The molecule has 0 aliphatic rings. The van der Waals surface area contributed by atoms with E-state index in [0.29, 0.717) is 58.5 Å². The Morgan fingerprint density at radius 2 is 1.28 bits per heavy atom. The van der Waals surface area contributed by atoms with E-state index in [4.69, 9.17) is 28.8 Å². The van der Waals surface area contributed by atoms with Crippen molar-refractivity contribution in [3.8, 4) is 5.75 Å². The maximum atomic E-state index is 11.8. The molecule has 0 saturated heterocycles. The van der Waals surface area contributed by atoms with Crippen LogP contribution >= 0.6 is 0 Å². The molecule has 0 fully saturated rings. The number of hydrogen-bond donors (Lipinski definition) is 2. The van der Waals surface area contributed by atoms with E-state index in [1.807, 2.05) is 18.2 Å². The summed E-state index contributed by atoms with van der Waals surface area (Å²) in [5.41, 5.74) is 0. The van der Waals surface area contributed by atoms with Crippen LogP contribution in [0.25, 0.3) is 0 Å². The van der Waals surface area contributed by atoms with E-state index in [0.717, 1.165) is 0 Å². The monoisotopic (exact) mass is 455 g/mol. The van der Waals surface area contributed by atoms with Crippen LogP contribution in [0.2, 0.25) is 0 Å². The van der Waals surface area contributed by atoms with Crippen LogP contribution in [0.1, 0.15) is 19.3 Å². The van der Waals surface area contributed by atoms with Crippen LogP contribution in [0, 0.1) is 0 Å². The van der Waals surface area contributed by atoms with Crippen molar-refractivity contribution in [2.75, 3.05) is 66.0 Å². The number of benzene rings is 1. The average molecular weight is 456 g/mol. The average Bonchev–Trinajstić information content (AvgIpc) is 2.79. The molecule has 0 aliphatic heterocycles. The van der Waals surface area contributed by atoms with E-state index in [1.54, 1.807) is 12.1 Å². The maximum Gasteiger partial charge on any atom is 0.305 e. The lowest BCUT2D eigenvalue weighted by molar-refractivity contribution is -0.138. The van der Waals surface area contributed by atoms with Crippen molar-refractivity contribution < 1.29 is 43.2 Å². The molecule has 1 aromatic rings. The number of ether oxygens (including phenoxy) is 5. The van der Waals surface area contributed by atoms with E-state index in [2.05, 4.69) is 5.32 Å². The van der Waals surface area contributed by atoms with Gasteiger partial charge in [0.05, 0.1) is 59.3 Å². The summed E-state index contributed by atoms with van der Waals surface area (Å²) >= 11 is 0. The smallest absolute Gasteiger partial charge is 0.305 e. The van der Waals surface area contributed by atoms with Crippen LogP contribution in [0.4, 0.5) is 0 Å². The van der Waals surface area contributed by atoms with Crippen LogP contribution in [0.3, 0.4) is 0 Å². The highest BCUT2D eigenvalue weighted by Crippen LogP contribution is 2.08. The molecule has 0 aromatic heterocycles. The molecule has 1 aromatic carbocycles. The van der Waals surface area contributed by atoms with Gasteiger partial charge in [-0.1, -0.05) is 18.2 Å². The van der Waals surface area contributed by atoms with Gasteiger partial charge in [-0.05, 0) is 12.1 Å². The largest absolute Gasteiger partial charge is 0.486 e. The molecular weight excluding hydrogens is 422 g/mol. The predicted molar refractivity (Wildman–Crippen MR) is 115 cm³/mol. The van der Waals surface area contributed by atoms with Crippen molar-refractivity contribution in [3.05, 3.63) is 30.3 Å². The highest BCUT2D eigenvalue weighted by molar-refractivity contribution is 5.85. The Morgan fingerprint density at radius 1 is 0.719 bits per heavy atom. The number of amides is 1. The zero-order valence-corrected chi connectivity index (χ0v) is 18.3. The number of nitrogens with one attached hydrogen (secondary N) is 1. The van der Waals surface area contributed by atoms with Crippen molar-refractivity contribution in [1.29, 1.82) is 0 Å². The van der Waals surface area contributed by atoms with Crippen LogP contribution in [0.15, 0.2) is 30.3 Å². The summed E-state index contributed by atoms with van der Waals surface area (Å²) in [4.78, 5) is 33.8. The molecule has 2 N–H and O–H groups in total. The van der Waals surface area contributed by atoms with Gasteiger partial charge in [-0.3, -0.25) is 14.4 Å². The van der Waals surface area contributed by atoms with Gasteiger partial charge >= 0.3 is 5.97 Å². The minimum absolute atomic E-state index is 0.0168. The van der Waals surface area contributed by atoms with E-state index in [-0.39, 0.29) is 44.2 Å². The lowest BCUT2D eigenvalue weighted by atomic mass is 10.2. The first-order chi connectivity index (χ1) is 15.6. The first kappa shape index (κ1) is 27.5. The van der Waals surface area contributed by atoms with Crippen LogP contribution in [-0.2, 0) is 33.3 Å². The minimum Gasteiger partial charge on any atom is -0.486 e. The number of aliphatic carboxylic acids is 1. The van der Waals surface area contributed by atoms with Crippen molar-refractivity contribution in [1.82, 2.24) is 5.32 Å². The Hall–Kier alpha value is -2.53. The maximum absolute atomic E-state index is 11.8. The number of carboxylic acids is 1. The van der Waals surface area contributed by atoms with E-state index in [9.17, 15) is 14.4 Å². The fourth-order valence-corrected chi connectivity index (χ4v) is 2.28. The van der Waals surface area contributed by atoms with E-state index >= 15 is 0 Å². The fourth-order valence-electron chi connectivity index (χ4n) is 2.28. The third kappa shape index (κ3) is 17.2. The number of hydrogen-bond acceptors (Lipinski definition) is 8. The summed E-state index contributed by atoms with van der Waals surface area (Å²) in [7, 11) is 0. The molecule has 0 atom stereocenters. The van der Waals surface area contributed by atoms with E-state index in [1.165, 1.54) is 0 Å². The summed E-state index contributed by atoms with van der Waals surface area (Å²) in [6.07, 6.45) is 0.228. The second kappa shape index (κ2) is 19.2. The second-order valence-electron chi connectivity index (χ2n) is 6.58. The van der Waals surface area contributed by atoms with Gasteiger partial charge in [-0.25, -0.2) is 0 Å². The zero-order chi connectivity index (χ0) is 23.3. The minimum atomic E-state index is -0.888. The van der Waals surface area contributed by atoms with Crippen molar-refractivity contribution in [2.45, 2.75) is 19.3 Å². The molecule has 0 bridgehead atoms. The molecule has 0 unspecified atom stereocenters. The van der Waals surface area contributed by atoms with Gasteiger partial charge in [0.2, 0.25) is 5.91 Å². The van der Waals surface area contributed by atoms with Crippen molar-refractivity contribution in [2.24, 2.45) is 0 Å². The van der Waals surface area contributed by atoms with Gasteiger partial charge in [-0.2, -0.15) is 0 Å².